The molecule has 13 heavy (non-hydrogen) atoms. The van der Waals surface area contributed by atoms with Crippen LogP contribution in [0.1, 0.15) is 5.69 Å². The molecule has 0 aliphatic heterocycles. The van der Waals surface area contributed by atoms with E-state index in [0.717, 1.165) is 16.4 Å². The van der Waals surface area contributed by atoms with E-state index in [1.807, 2.05) is 17.5 Å². The van der Waals surface area contributed by atoms with Crippen molar-refractivity contribution in [3.63, 3.8) is 0 Å². The largest absolute Gasteiger partial charge is 0.340 e. The molecule has 0 bridgehead atoms. The zero-order valence-electron chi connectivity index (χ0n) is 6.66. The standard InChI is InChI=1S/C8H7ClN2S.ClH/c9-4-6-5-10-8(11-6)7-2-1-3-12-7;/h1-3,5H,4H2,(H,10,11);1H. The van der Waals surface area contributed by atoms with Crippen LogP contribution in [0.5, 0.6) is 0 Å². The summed E-state index contributed by atoms with van der Waals surface area (Å²) in [5, 5.41) is 2.03. The first-order chi connectivity index (χ1) is 5.90. The second-order valence-electron chi connectivity index (χ2n) is 2.37. The van der Waals surface area contributed by atoms with E-state index < -0.39 is 0 Å². The molecule has 2 rings (SSSR count). The third-order valence-corrected chi connectivity index (χ3v) is 2.69. The molecular weight excluding hydrogens is 227 g/mol. The summed E-state index contributed by atoms with van der Waals surface area (Å²) in [5.74, 6) is 1.39. The first-order valence-electron chi connectivity index (χ1n) is 3.54. The van der Waals surface area contributed by atoms with Gasteiger partial charge in [0.15, 0.2) is 0 Å². The molecule has 0 radical (unpaired) electrons. The van der Waals surface area contributed by atoms with Gasteiger partial charge in [-0.15, -0.1) is 35.3 Å². The number of alkyl halides is 1. The number of thiophene rings is 1. The highest BCUT2D eigenvalue weighted by Gasteiger charge is 2.02. The van der Waals surface area contributed by atoms with Gasteiger partial charge in [0, 0.05) is 11.9 Å². The van der Waals surface area contributed by atoms with Crippen LogP contribution in [0.3, 0.4) is 0 Å². The normalized spacial score (nSPS) is 9.62. The lowest BCUT2D eigenvalue weighted by Gasteiger charge is -1.87. The Morgan fingerprint density at radius 2 is 2.38 bits per heavy atom. The monoisotopic (exact) mass is 234 g/mol. The lowest BCUT2D eigenvalue weighted by Crippen LogP contribution is -1.76. The molecule has 0 spiro atoms. The summed E-state index contributed by atoms with van der Waals surface area (Å²) >= 11 is 7.30. The van der Waals surface area contributed by atoms with Gasteiger partial charge in [0.1, 0.15) is 5.82 Å². The number of nitrogens with zero attached hydrogens (tertiary/aromatic N) is 1. The van der Waals surface area contributed by atoms with Crippen molar-refractivity contribution in [2.75, 3.05) is 0 Å². The Hall–Kier alpha value is -0.510. The van der Waals surface area contributed by atoms with Crippen LogP contribution in [-0.2, 0) is 5.88 Å². The molecule has 2 nitrogen and oxygen atoms in total. The minimum absolute atomic E-state index is 0. The average Bonchev–Trinajstić information content (AvgIpc) is 2.75. The maximum Gasteiger partial charge on any atom is 0.147 e. The number of imidazole rings is 1. The Labute approximate surface area is 91.4 Å². The van der Waals surface area contributed by atoms with Gasteiger partial charge < -0.3 is 4.98 Å². The number of hydrogen-bond donors (Lipinski definition) is 1. The predicted molar refractivity (Wildman–Crippen MR) is 58.7 cm³/mol. The lowest BCUT2D eigenvalue weighted by molar-refractivity contribution is 1.23. The number of aromatic nitrogens is 2. The lowest BCUT2D eigenvalue weighted by atomic mass is 10.4. The molecule has 0 atom stereocenters. The Morgan fingerprint density at radius 3 is 2.92 bits per heavy atom. The van der Waals surface area contributed by atoms with Crippen molar-refractivity contribution in [3.05, 3.63) is 29.4 Å². The van der Waals surface area contributed by atoms with Gasteiger partial charge in [0.25, 0.3) is 0 Å². The van der Waals surface area contributed by atoms with Crippen molar-refractivity contribution >= 4 is 35.3 Å². The molecule has 0 saturated heterocycles. The fourth-order valence-electron chi connectivity index (χ4n) is 0.966. The molecule has 0 saturated carbocycles. The van der Waals surface area contributed by atoms with Crippen LogP contribution in [0.2, 0.25) is 0 Å². The fraction of sp³-hybridized carbons (Fsp3) is 0.125. The molecule has 5 heteroatoms. The first kappa shape index (κ1) is 10.6. The van der Waals surface area contributed by atoms with E-state index in [4.69, 9.17) is 11.6 Å². The second-order valence-corrected chi connectivity index (χ2v) is 3.58. The maximum atomic E-state index is 5.63. The number of hydrogen-bond acceptors (Lipinski definition) is 2. The van der Waals surface area contributed by atoms with Crippen molar-refractivity contribution in [1.29, 1.82) is 0 Å². The maximum absolute atomic E-state index is 5.63. The SMILES string of the molecule is Cl.ClCc1cnc(-c2cccs2)[nH]1. The molecule has 2 aromatic heterocycles. The Morgan fingerprint density at radius 1 is 1.54 bits per heavy atom. The minimum atomic E-state index is 0. The van der Waals surface area contributed by atoms with Crippen molar-refractivity contribution in [3.8, 4) is 10.7 Å². The van der Waals surface area contributed by atoms with Gasteiger partial charge >= 0.3 is 0 Å². The second kappa shape index (κ2) is 4.65. The van der Waals surface area contributed by atoms with E-state index >= 15 is 0 Å². The van der Waals surface area contributed by atoms with Crippen molar-refractivity contribution in [1.82, 2.24) is 9.97 Å². The Bertz CT molecular complexity index is 356. The molecule has 0 amide bonds. The van der Waals surface area contributed by atoms with Gasteiger partial charge in [0.05, 0.1) is 10.8 Å². The van der Waals surface area contributed by atoms with Crippen molar-refractivity contribution < 1.29 is 0 Å². The minimum Gasteiger partial charge on any atom is -0.340 e. The molecule has 0 unspecified atom stereocenters. The molecular formula is C8H8Cl2N2S. The van der Waals surface area contributed by atoms with Crippen LogP contribution in [0.4, 0.5) is 0 Å². The van der Waals surface area contributed by atoms with Crippen LogP contribution < -0.4 is 0 Å². The van der Waals surface area contributed by atoms with Crippen LogP contribution in [0, 0.1) is 0 Å². The summed E-state index contributed by atoms with van der Waals surface area (Å²) in [6.45, 7) is 0. The van der Waals surface area contributed by atoms with E-state index in [-0.39, 0.29) is 12.4 Å². The highest BCUT2D eigenvalue weighted by molar-refractivity contribution is 7.13. The molecule has 0 aromatic carbocycles. The van der Waals surface area contributed by atoms with Crippen LogP contribution in [-0.4, -0.2) is 9.97 Å². The van der Waals surface area contributed by atoms with Crippen LogP contribution in [0.15, 0.2) is 23.7 Å². The molecule has 1 N–H and O–H groups in total. The summed E-state index contributed by atoms with van der Waals surface area (Å²) < 4.78 is 0. The Kier molecular flexibility index (Phi) is 3.78. The molecule has 0 aliphatic rings. The number of rotatable bonds is 2. The third-order valence-electron chi connectivity index (χ3n) is 1.53. The quantitative estimate of drug-likeness (QED) is 0.795. The molecule has 70 valence electrons. The zero-order valence-corrected chi connectivity index (χ0v) is 9.05. The molecule has 0 fully saturated rings. The first-order valence-corrected chi connectivity index (χ1v) is 4.95. The van der Waals surface area contributed by atoms with Gasteiger partial charge in [-0.3, -0.25) is 0 Å². The van der Waals surface area contributed by atoms with E-state index in [9.17, 15) is 0 Å². The average molecular weight is 235 g/mol. The summed E-state index contributed by atoms with van der Waals surface area (Å²) in [6, 6.07) is 4.03. The predicted octanol–water partition coefficient (Wildman–Crippen LogP) is 3.30. The molecule has 2 aromatic rings. The summed E-state index contributed by atoms with van der Waals surface area (Å²) in [6.07, 6.45) is 1.77. The van der Waals surface area contributed by atoms with E-state index in [2.05, 4.69) is 9.97 Å². The molecule has 0 aliphatic carbocycles. The smallest absolute Gasteiger partial charge is 0.147 e. The number of halogens is 2. The number of H-pyrrole nitrogens is 1. The highest BCUT2D eigenvalue weighted by atomic mass is 35.5. The van der Waals surface area contributed by atoms with Gasteiger partial charge in [-0.1, -0.05) is 6.07 Å². The van der Waals surface area contributed by atoms with Crippen LogP contribution in [0.25, 0.3) is 10.7 Å². The fourth-order valence-corrected chi connectivity index (χ4v) is 1.78. The van der Waals surface area contributed by atoms with Crippen LogP contribution >= 0.6 is 35.3 Å². The third kappa shape index (κ3) is 2.24. The van der Waals surface area contributed by atoms with E-state index in [1.165, 1.54) is 0 Å². The van der Waals surface area contributed by atoms with E-state index in [1.54, 1.807) is 17.5 Å². The summed E-state index contributed by atoms with van der Waals surface area (Å²) in [7, 11) is 0. The molecule has 2 heterocycles. The Balaban J connectivity index is 0.000000845. The van der Waals surface area contributed by atoms with Gasteiger partial charge in [-0.25, -0.2) is 4.98 Å². The highest BCUT2D eigenvalue weighted by Crippen LogP contribution is 2.21. The number of aromatic amines is 1. The van der Waals surface area contributed by atoms with Crippen molar-refractivity contribution in [2.24, 2.45) is 0 Å². The zero-order chi connectivity index (χ0) is 8.39. The number of nitrogens with one attached hydrogen (secondary N) is 1. The van der Waals surface area contributed by atoms with Gasteiger partial charge in [-0.05, 0) is 11.4 Å². The van der Waals surface area contributed by atoms with Gasteiger partial charge in [0.2, 0.25) is 0 Å². The van der Waals surface area contributed by atoms with Gasteiger partial charge in [-0.2, -0.15) is 0 Å². The van der Waals surface area contributed by atoms with Crippen molar-refractivity contribution in [2.45, 2.75) is 5.88 Å². The van der Waals surface area contributed by atoms with E-state index in [0.29, 0.717) is 5.88 Å². The summed E-state index contributed by atoms with van der Waals surface area (Å²) in [5.41, 5.74) is 0.958. The topological polar surface area (TPSA) is 28.7 Å². The summed E-state index contributed by atoms with van der Waals surface area (Å²) in [4.78, 5) is 8.48.